The number of alkyl carbamates (subject to hydrolysis) is 1. The number of hydrogen-bond acceptors (Lipinski definition) is 5. The van der Waals surface area contributed by atoms with Gasteiger partial charge in [0.2, 0.25) is 5.91 Å². The highest BCUT2D eigenvalue weighted by Crippen LogP contribution is 2.44. The molecule has 4 rings (SSSR count). The number of ether oxygens (including phenoxy) is 2. The van der Waals surface area contributed by atoms with Crippen LogP contribution in [0.3, 0.4) is 0 Å². The van der Waals surface area contributed by atoms with Gasteiger partial charge in [0.1, 0.15) is 6.61 Å². The van der Waals surface area contributed by atoms with Gasteiger partial charge in [-0.25, -0.2) is 9.59 Å². The van der Waals surface area contributed by atoms with E-state index in [1.807, 2.05) is 38.1 Å². The average Bonchev–Trinajstić information content (AvgIpc) is 3.15. The predicted molar refractivity (Wildman–Crippen MR) is 130 cm³/mol. The molecule has 1 saturated heterocycles. The molecular weight excluding hydrogens is 448 g/mol. The molecule has 0 spiro atoms. The Morgan fingerprint density at radius 3 is 2.26 bits per heavy atom. The molecule has 35 heavy (non-hydrogen) atoms. The summed E-state index contributed by atoms with van der Waals surface area (Å²) in [4.78, 5) is 38.8. The lowest BCUT2D eigenvalue weighted by molar-refractivity contribution is -0.165. The summed E-state index contributed by atoms with van der Waals surface area (Å²) < 4.78 is 11.1. The second kappa shape index (κ2) is 10.5. The average molecular weight is 481 g/mol. The highest BCUT2D eigenvalue weighted by molar-refractivity contribution is 5.85. The Morgan fingerprint density at radius 1 is 1.09 bits per heavy atom. The lowest BCUT2D eigenvalue weighted by Crippen LogP contribution is -2.57. The van der Waals surface area contributed by atoms with Gasteiger partial charge < -0.3 is 24.8 Å². The predicted octanol–water partition coefficient (Wildman–Crippen LogP) is 3.64. The molecule has 2 aliphatic rings. The van der Waals surface area contributed by atoms with E-state index in [2.05, 4.69) is 29.6 Å². The smallest absolute Gasteiger partial charge is 0.407 e. The molecule has 3 unspecified atom stereocenters. The number of fused-ring (bicyclic) bond motifs is 3. The van der Waals surface area contributed by atoms with Crippen molar-refractivity contribution in [1.82, 2.24) is 10.2 Å². The quantitative estimate of drug-likeness (QED) is 0.627. The number of morpholine rings is 1. The number of benzene rings is 2. The first-order valence-corrected chi connectivity index (χ1v) is 12.0. The summed E-state index contributed by atoms with van der Waals surface area (Å²) >= 11 is 0. The van der Waals surface area contributed by atoms with Gasteiger partial charge in [-0.05, 0) is 35.1 Å². The molecule has 3 atom stereocenters. The standard InChI is InChI=1S/C27H32N2O6/c1-16(2)23(14-24(30)29-12-13-34-17(3)25(29)26(31)32)28-27(33)35-15-22-20-10-6-4-8-18(20)19-9-5-7-11-21(19)22/h4-11,16-17,22-23,25H,12-15H2,1-3H3,(H,28,33)(H,31,32). The van der Waals surface area contributed by atoms with Crippen molar-refractivity contribution >= 4 is 18.0 Å². The van der Waals surface area contributed by atoms with Gasteiger partial charge >= 0.3 is 12.1 Å². The van der Waals surface area contributed by atoms with E-state index in [4.69, 9.17) is 9.47 Å². The molecule has 0 aromatic heterocycles. The van der Waals surface area contributed by atoms with E-state index in [0.29, 0.717) is 0 Å². The van der Waals surface area contributed by atoms with Crippen molar-refractivity contribution in [2.45, 2.75) is 51.3 Å². The topological polar surface area (TPSA) is 105 Å². The van der Waals surface area contributed by atoms with Gasteiger partial charge in [0.25, 0.3) is 0 Å². The molecule has 1 heterocycles. The molecule has 2 N–H and O–H groups in total. The van der Waals surface area contributed by atoms with Crippen molar-refractivity contribution in [1.29, 1.82) is 0 Å². The molecule has 0 saturated carbocycles. The van der Waals surface area contributed by atoms with Crippen LogP contribution in [0.2, 0.25) is 0 Å². The Kier molecular flexibility index (Phi) is 7.40. The van der Waals surface area contributed by atoms with Crippen LogP contribution in [0.4, 0.5) is 4.79 Å². The number of hydrogen-bond donors (Lipinski definition) is 2. The van der Waals surface area contributed by atoms with Crippen molar-refractivity contribution in [3.8, 4) is 11.1 Å². The summed E-state index contributed by atoms with van der Waals surface area (Å²) in [5, 5.41) is 12.4. The number of carbonyl (C=O) groups excluding carboxylic acids is 2. The summed E-state index contributed by atoms with van der Waals surface area (Å²) in [6.45, 7) is 6.11. The maximum absolute atomic E-state index is 13.0. The zero-order valence-electron chi connectivity index (χ0n) is 20.3. The van der Waals surface area contributed by atoms with Gasteiger partial charge in [0.15, 0.2) is 6.04 Å². The van der Waals surface area contributed by atoms with Crippen LogP contribution in [-0.4, -0.2) is 65.9 Å². The second-order valence-electron chi connectivity index (χ2n) is 9.47. The number of nitrogens with one attached hydrogen (secondary N) is 1. The third-order valence-corrected chi connectivity index (χ3v) is 6.91. The van der Waals surface area contributed by atoms with Crippen LogP contribution >= 0.6 is 0 Å². The fourth-order valence-corrected chi connectivity index (χ4v) is 4.98. The molecule has 1 aliphatic heterocycles. The van der Waals surface area contributed by atoms with Crippen LogP contribution in [-0.2, 0) is 19.1 Å². The molecule has 2 amide bonds. The second-order valence-corrected chi connectivity index (χ2v) is 9.47. The van der Waals surface area contributed by atoms with E-state index in [1.165, 1.54) is 4.90 Å². The van der Waals surface area contributed by atoms with Crippen LogP contribution in [0.25, 0.3) is 11.1 Å². The zero-order chi connectivity index (χ0) is 25.1. The Hall–Kier alpha value is -3.39. The van der Waals surface area contributed by atoms with Gasteiger partial charge in [-0.15, -0.1) is 0 Å². The Balaban J connectivity index is 1.39. The summed E-state index contributed by atoms with van der Waals surface area (Å²) in [6, 6.07) is 14.7. The number of carboxylic acids is 1. The van der Waals surface area contributed by atoms with Crippen molar-refractivity contribution in [2.75, 3.05) is 19.8 Å². The fourth-order valence-electron chi connectivity index (χ4n) is 4.98. The normalized spacial score (nSPS) is 20.2. The highest BCUT2D eigenvalue weighted by Gasteiger charge is 2.39. The Labute approximate surface area is 205 Å². The van der Waals surface area contributed by atoms with E-state index >= 15 is 0 Å². The third kappa shape index (κ3) is 5.17. The first kappa shape index (κ1) is 24.7. The van der Waals surface area contributed by atoms with Gasteiger partial charge in [0, 0.05) is 24.9 Å². The van der Waals surface area contributed by atoms with Gasteiger partial charge in [-0.3, -0.25) is 4.79 Å². The van der Waals surface area contributed by atoms with Crippen LogP contribution in [0.15, 0.2) is 48.5 Å². The summed E-state index contributed by atoms with van der Waals surface area (Å²) in [7, 11) is 0. The summed E-state index contributed by atoms with van der Waals surface area (Å²) in [5.74, 6) is -1.54. The van der Waals surface area contributed by atoms with Gasteiger partial charge in [-0.1, -0.05) is 62.4 Å². The molecular formula is C27H32N2O6. The first-order chi connectivity index (χ1) is 16.8. The van der Waals surface area contributed by atoms with Crippen LogP contribution in [0, 0.1) is 5.92 Å². The van der Waals surface area contributed by atoms with Crippen molar-refractivity contribution in [3.63, 3.8) is 0 Å². The maximum Gasteiger partial charge on any atom is 0.407 e. The molecule has 186 valence electrons. The first-order valence-electron chi connectivity index (χ1n) is 12.0. The molecule has 1 fully saturated rings. The van der Waals surface area contributed by atoms with E-state index in [9.17, 15) is 19.5 Å². The minimum atomic E-state index is -1.10. The van der Waals surface area contributed by atoms with Crippen molar-refractivity contribution in [2.24, 2.45) is 5.92 Å². The van der Waals surface area contributed by atoms with Crippen molar-refractivity contribution in [3.05, 3.63) is 59.7 Å². The fraction of sp³-hybridized carbons (Fsp3) is 0.444. The molecule has 2 aromatic carbocycles. The lowest BCUT2D eigenvalue weighted by Gasteiger charge is -2.38. The van der Waals surface area contributed by atoms with E-state index in [0.717, 1.165) is 22.3 Å². The molecule has 2 aromatic rings. The molecule has 8 heteroatoms. The molecule has 1 aliphatic carbocycles. The summed E-state index contributed by atoms with van der Waals surface area (Å²) in [5.41, 5.74) is 4.54. The number of nitrogens with zero attached hydrogens (tertiary/aromatic N) is 1. The lowest BCUT2D eigenvalue weighted by atomic mass is 9.98. The van der Waals surface area contributed by atoms with Crippen LogP contribution < -0.4 is 5.32 Å². The minimum absolute atomic E-state index is 0.0155. The number of amides is 2. The SMILES string of the molecule is CC(C)C(CC(=O)N1CCOC(C)C1C(=O)O)NC(=O)OCC1c2ccccc2-c2ccccc21. The van der Waals surface area contributed by atoms with E-state index in [-0.39, 0.29) is 43.9 Å². The van der Waals surface area contributed by atoms with Crippen LogP contribution in [0.1, 0.15) is 44.2 Å². The van der Waals surface area contributed by atoms with Crippen molar-refractivity contribution < 1.29 is 29.0 Å². The van der Waals surface area contributed by atoms with E-state index in [1.54, 1.807) is 6.92 Å². The van der Waals surface area contributed by atoms with E-state index < -0.39 is 30.3 Å². The maximum atomic E-state index is 13.0. The Bertz CT molecular complexity index is 1060. The number of aliphatic carboxylic acids is 1. The Morgan fingerprint density at radius 2 is 1.69 bits per heavy atom. The highest BCUT2D eigenvalue weighted by atomic mass is 16.5. The molecule has 0 bridgehead atoms. The summed E-state index contributed by atoms with van der Waals surface area (Å²) in [6.07, 6.45) is -1.21. The zero-order valence-corrected chi connectivity index (χ0v) is 20.3. The van der Waals surface area contributed by atoms with Crippen LogP contribution in [0.5, 0.6) is 0 Å². The van der Waals surface area contributed by atoms with Gasteiger partial charge in [-0.2, -0.15) is 0 Å². The molecule has 0 radical (unpaired) electrons. The number of rotatable bonds is 7. The molecule has 8 nitrogen and oxygen atoms in total. The third-order valence-electron chi connectivity index (χ3n) is 6.91. The minimum Gasteiger partial charge on any atom is -0.480 e. The largest absolute Gasteiger partial charge is 0.480 e. The monoisotopic (exact) mass is 480 g/mol. The van der Waals surface area contributed by atoms with Gasteiger partial charge in [0.05, 0.1) is 12.7 Å². The number of carbonyl (C=O) groups is 3. The number of carboxylic acid groups (broad SMARTS) is 1.